The minimum Gasteiger partial charge on any atom is -0.497 e. The molecular weight excluding hydrogens is 376 g/mol. The fraction of sp³-hybridized carbons (Fsp3) is 0.280. The lowest BCUT2D eigenvalue weighted by Gasteiger charge is -2.34. The topological polar surface area (TPSA) is 67.4 Å². The SMILES string of the molecule is COc1ccc([C@@H]2C(C(=O)Nc3ccccc3C)=C(C)NC3=C2C(=O)CCC3)cc1. The summed E-state index contributed by atoms with van der Waals surface area (Å²) in [5, 5.41) is 6.40. The molecule has 1 amide bonds. The van der Waals surface area contributed by atoms with Crippen LogP contribution in [0.25, 0.3) is 0 Å². The van der Waals surface area contributed by atoms with Crippen LogP contribution in [0, 0.1) is 6.92 Å². The van der Waals surface area contributed by atoms with Crippen molar-refractivity contribution in [1.29, 1.82) is 0 Å². The highest BCUT2D eigenvalue weighted by molar-refractivity contribution is 6.10. The Labute approximate surface area is 176 Å². The van der Waals surface area contributed by atoms with Gasteiger partial charge in [-0.1, -0.05) is 30.3 Å². The standard InChI is InChI=1S/C25H26N2O3/c1-15-7-4-5-8-19(15)27-25(29)22-16(2)26-20-9-6-10-21(28)24(20)23(22)17-11-13-18(30-3)14-12-17/h4-5,7-8,11-14,23,26H,6,9-10H2,1-3H3,(H,27,29)/t23-/m1/s1. The summed E-state index contributed by atoms with van der Waals surface area (Å²) in [5.41, 5.74) is 5.69. The highest BCUT2D eigenvalue weighted by Crippen LogP contribution is 2.42. The van der Waals surface area contributed by atoms with E-state index in [1.54, 1.807) is 7.11 Å². The first-order chi connectivity index (χ1) is 14.5. The van der Waals surface area contributed by atoms with E-state index >= 15 is 0 Å². The molecule has 1 heterocycles. The zero-order valence-corrected chi connectivity index (χ0v) is 17.5. The Kier molecular flexibility index (Phi) is 5.44. The summed E-state index contributed by atoms with van der Waals surface area (Å²) >= 11 is 0. The van der Waals surface area contributed by atoms with Crippen molar-refractivity contribution in [2.45, 2.75) is 39.0 Å². The van der Waals surface area contributed by atoms with Gasteiger partial charge in [-0.05, 0) is 56.0 Å². The van der Waals surface area contributed by atoms with Crippen molar-refractivity contribution in [3.8, 4) is 5.75 Å². The highest BCUT2D eigenvalue weighted by Gasteiger charge is 2.38. The number of amides is 1. The first-order valence-electron chi connectivity index (χ1n) is 10.2. The molecule has 154 valence electrons. The number of dihydropyridines is 1. The van der Waals surface area contributed by atoms with Crippen molar-refractivity contribution < 1.29 is 14.3 Å². The predicted molar refractivity (Wildman–Crippen MR) is 117 cm³/mol. The third kappa shape index (κ3) is 3.63. The molecule has 0 unspecified atom stereocenters. The molecule has 0 saturated carbocycles. The zero-order chi connectivity index (χ0) is 21.3. The Morgan fingerprint density at radius 3 is 2.50 bits per heavy atom. The first-order valence-corrected chi connectivity index (χ1v) is 10.2. The van der Waals surface area contributed by atoms with Gasteiger partial charge in [-0.3, -0.25) is 9.59 Å². The van der Waals surface area contributed by atoms with Crippen LogP contribution in [0.15, 0.2) is 71.1 Å². The van der Waals surface area contributed by atoms with Crippen LogP contribution in [0.1, 0.15) is 43.2 Å². The molecular formula is C25H26N2O3. The van der Waals surface area contributed by atoms with Gasteiger partial charge in [0.2, 0.25) is 0 Å². The summed E-state index contributed by atoms with van der Waals surface area (Å²) in [6, 6.07) is 15.3. The number of Topliss-reactive ketones (excluding diaryl/α,β-unsaturated/α-hetero) is 1. The number of carbonyl (C=O) groups is 2. The summed E-state index contributed by atoms with van der Waals surface area (Å²) in [7, 11) is 1.62. The van der Waals surface area contributed by atoms with Crippen LogP contribution in [-0.2, 0) is 9.59 Å². The van der Waals surface area contributed by atoms with Crippen LogP contribution in [0.5, 0.6) is 5.75 Å². The van der Waals surface area contributed by atoms with Crippen molar-refractivity contribution >= 4 is 17.4 Å². The molecule has 0 saturated heterocycles. The smallest absolute Gasteiger partial charge is 0.254 e. The van der Waals surface area contributed by atoms with E-state index in [0.717, 1.165) is 46.8 Å². The Balaban J connectivity index is 1.79. The van der Waals surface area contributed by atoms with Crippen LogP contribution < -0.4 is 15.4 Å². The van der Waals surface area contributed by atoms with Gasteiger partial charge in [-0.15, -0.1) is 0 Å². The van der Waals surface area contributed by atoms with Gasteiger partial charge in [0.15, 0.2) is 5.78 Å². The number of nitrogens with one attached hydrogen (secondary N) is 2. The molecule has 0 fully saturated rings. The second kappa shape index (κ2) is 8.19. The second-order valence-corrected chi connectivity index (χ2v) is 7.81. The fourth-order valence-corrected chi connectivity index (χ4v) is 4.32. The van der Waals surface area contributed by atoms with Crippen molar-refractivity contribution in [2.24, 2.45) is 0 Å². The number of carbonyl (C=O) groups excluding carboxylic acids is 2. The van der Waals surface area contributed by atoms with Gasteiger partial charge in [0.05, 0.1) is 7.11 Å². The van der Waals surface area contributed by atoms with Crippen molar-refractivity contribution in [2.75, 3.05) is 12.4 Å². The maximum absolute atomic E-state index is 13.5. The number of methoxy groups -OCH3 is 1. The molecule has 2 aliphatic rings. The number of allylic oxidation sites excluding steroid dienone is 3. The zero-order valence-electron chi connectivity index (χ0n) is 17.5. The van der Waals surface area contributed by atoms with E-state index in [0.29, 0.717) is 17.6 Å². The Hall–Kier alpha value is -3.34. The average molecular weight is 402 g/mol. The molecule has 1 atom stereocenters. The molecule has 5 heteroatoms. The Bertz CT molecular complexity index is 1060. The summed E-state index contributed by atoms with van der Waals surface area (Å²) < 4.78 is 5.29. The lowest BCUT2D eigenvalue weighted by atomic mass is 9.75. The van der Waals surface area contributed by atoms with E-state index in [2.05, 4.69) is 10.6 Å². The van der Waals surface area contributed by atoms with Gasteiger partial charge in [-0.25, -0.2) is 0 Å². The van der Waals surface area contributed by atoms with Crippen LogP contribution in [0.2, 0.25) is 0 Å². The molecule has 0 bridgehead atoms. The minimum atomic E-state index is -0.399. The van der Waals surface area contributed by atoms with E-state index in [-0.39, 0.29) is 11.7 Å². The van der Waals surface area contributed by atoms with Crippen LogP contribution in [0.4, 0.5) is 5.69 Å². The number of rotatable bonds is 4. The summed E-state index contributed by atoms with van der Waals surface area (Å²) in [6.45, 7) is 3.87. The Morgan fingerprint density at radius 2 is 1.80 bits per heavy atom. The molecule has 1 aliphatic heterocycles. The number of aryl methyl sites for hydroxylation is 1. The van der Waals surface area contributed by atoms with E-state index < -0.39 is 5.92 Å². The normalized spacial score (nSPS) is 18.6. The van der Waals surface area contributed by atoms with Gasteiger partial charge in [0.25, 0.3) is 5.91 Å². The van der Waals surface area contributed by atoms with Gasteiger partial charge in [-0.2, -0.15) is 0 Å². The van der Waals surface area contributed by atoms with Gasteiger partial charge in [0, 0.05) is 40.6 Å². The Morgan fingerprint density at radius 1 is 1.07 bits per heavy atom. The number of ether oxygens (including phenoxy) is 1. The largest absolute Gasteiger partial charge is 0.497 e. The van der Waals surface area contributed by atoms with E-state index in [9.17, 15) is 9.59 Å². The van der Waals surface area contributed by atoms with Crippen molar-refractivity contribution in [1.82, 2.24) is 5.32 Å². The second-order valence-electron chi connectivity index (χ2n) is 7.81. The number of para-hydroxylation sites is 1. The van der Waals surface area contributed by atoms with Gasteiger partial charge >= 0.3 is 0 Å². The third-order valence-electron chi connectivity index (χ3n) is 5.86. The quantitative estimate of drug-likeness (QED) is 0.784. The maximum atomic E-state index is 13.5. The third-order valence-corrected chi connectivity index (χ3v) is 5.86. The molecule has 0 aromatic heterocycles. The van der Waals surface area contributed by atoms with Crippen LogP contribution in [0.3, 0.4) is 0 Å². The molecule has 1 aliphatic carbocycles. The van der Waals surface area contributed by atoms with Crippen molar-refractivity contribution in [3.63, 3.8) is 0 Å². The number of anilines is 1. The molecule has 4 rings (SSSR count). The number of benzene rings is 2. The van der Waals surface area contributed by atoms with Gasteiger partial charge < -0.3 is 15.4 Å². The molecule has 0 spiro atoms. The summed E-state index contributed by atoms with van der Waals surface area (Å²) in [5.74, 6) is 0.255. The number of hydrogen-bond acceptors (Lipinski definition) is 4. The maximum Gasteiger partial charge on any atom is 0.254 e. The number of ketones is 1. The fourth-order valence-electron chi connectivity index (χ4n) is 4.32. The molecule has 2 N–H and O–H groups in total. The van der Waals surface area contributed by atoms with E-state index in [4.69, 9.17) is 4.74 Å². The first kappa shape index (κ1) is 20.0. The van der Waals surface area contributed by atoms with E-state index in [1.807, 2.05) is 62.4 Å². The molecule has 0 radical (unpaired) electrons. The molecule has 2 aromatic rings. The summed E-state index contributed by atoms with van der Waals surface area (Å²) in [6.07, 6.45) is 2.16. The highest BCUT2D eigenvalue weighted by atomic mass is 16.5. The van der Waals surface area contributed by atoms with Crippen molar-refractivity contribution in [3.05, 3.63) is 82.2 Å². The summed E-state index contributed by atoms with van der Waals surface area (Å²) in [4.78, 5) is 26.4. The lowest BCUT2D eigenvalue weighted by Crippen LogP contribution is -2.35. The minimum absolute atomic E-state index is 0.109. The lowest BCUT2D eigenvalue weighted by molar-refractivity contribution is -0.116. The van der Waals surface area contributed by atoms with Gasteiger partial charge in [0.1, 0.15) is 5.75 Å². The number of hydrogen-bond donors (Lipinski definition) is 2. The average Bonchev–Trinajstić information content (AvgIpc) is 2.74. The molecule has 30 heavy (non-hydrogen) atoms. The monoisotopic (exact) mass is 402 g/mol. The molecule has 5 nitrogen and oxygen atoms in total. The predicted octanol–water partition coefficient (Wildman–Crippen LogP) is 4.61. The molecule has 2 aromatic carbocycles. The van der Waals surface area contributed by atoms with E-state index in [1.165, 1.54) is 0 Å². The van der Waals surface area contributed by atoms with Crippen LogP contribution in [-0.4, -0.2) is 18.8 Å². The van der Waals surface area contributed by atoms with Crippen LogP contribution >= 0.6 is 0 Å².